The van der Waals surface area contributed by atoms with Crippen molar-refractivity contribution in [2.45, 2.75) is 25.3 Å². The van der Waals surface area contributed by atoms with Crippen molar-refractivity contribution in [1.82, 2.24) is 19.7 Å². The van der Waals surface area contributed by atoms with E-state index in [-0.39, 0.29) is 5.88 Å². The minimum Gasteiger partial charge on any atom is -0.497 e. The monoisotopic (exact) mass is 405 g/mol. The number of methoxy groups -OCH3 is 1. The molecule has 0 spiro atoms. The molecule has 3 aromatic rings. The van der Waals surface area contributed by atoms with Crippen molar-refractivity contribution >= 4 is 5.69 Å². The smallest absolute Gasteiger partial charge is 0.219 e. The number of ether oxygens (including phenoxy) is 1. The highest BCUT2D eigenvalue weighted by atomic mass is 16.5. The maximum atomic E-state index is 10.8. The van der Waals surface area contributed by atoms with Crippen LogP contribution in [0, 0.1) is 0 Å². The van der Waals surface area contributed by atoms with Gasteiger partial charge in [0.2, 0.25) is 5.88 Å². The fourth-order valence-electron chi connectivity index (χ4n) is 4.63. The first-order valence-corrected chi connectivity index (χ1v) is 10.6. The van der Waals surface area contributed by atoms with E-state index in [1.165, 1.54) is 5.69 Å². The molecule has 1 fully saturated rings. The summed E-state index contributed by atoms with van der Waals surface area (Å²) in [6.07, 6.45) is 4.54. The molecule has 7 heteroatoms. The maximum absolute atomic E-state index is 10.8. The van der Waals surface area contributed by atoms with Crippen molar-refractivity contribution in [1.29, 1.82) is 0 Å². The Bertz CT molecular complexity index is 994. The van der Waals surface area contributed by atoms with E-state index in [0.717, 1.165) is 62.4 Å². The van der Waals surface area contributed by atoms with Crippen molar-refractivity contribution in [3.05, 3.63) is 59.9 Å². The van der Waals surface area contributed by atoms with E-state index in [4.69, 9.17) is 4.74 Å². The average molecular weight is 406 g/mol. The van der Waals surface area contributed by atoms with Crippen LogP contribution in [0.4, 0.5) is 5.69 Å². The molecule has 156 valence electrons. The number of hydrogen-bond acceptors (Lipinski definition) is 6. The second-order valence-corrected chi connectivity index (χ2v) is 7.97. The normalized spacial score (nSPS) is 19.5. The summed E-state index contributed by atoms with van der Waals surface area (Å²) in [6, 6.07) is 14.4. The summed E-state index contributed by atoms with van der Waals surface area (Å²) in [4.78, 5) is 9.33. The number of pyridine rings is 1. The van der Waals surface area contributed by atoms with Gasteiger partial charge in [0, 0.05) is 49.7 Å². The first-order chi connectivity index (χ1) is 14.7. The van der Waals surface area contributed by atoms with Gasteiger partial charge in [0.1, 0.15) is 5.75 Å². The maximum Gasteiger partial charge on any atom is 0.219 e. The third-order valence-electron chi connectivity index (χ3n) is 6.33. The first-order valence-electron chi connectivity index (χ1n) is 10.6. The Balaban J connectivity index is 1.25. The van der Waals surface area contributed by atoms with E-state index in [2.05, 4.69) is 32.0 Å². The first kappa shape index (κ1) is 18.9. The van der Waals surface area contributed by atoms with Crippen LogP contribution in [0.2, 0.25) is 0 Å². The number of aryl methyl sites for hydroxylation is 1. The third kappa shape index (κ3) is 3.50. The van der Waals surface area contributed by atoms with Crippen LogP contribution in [0.3, 0.4) is 0 Å². The number of piperazine rings is 1. The highest BCUT2D eigenvalue weighted by Crippen LogP contribution is 2.33. The summed E-state index contributed by atoms with van der Waals surface area (Å²) in [5.74, 6) is 1.79. The van der Waals surface area contributed by atoms with E-state index in [1.54, 1.807) is 18.0 Å². The van der Waals surface area contributed by atoms with Gasteiger partial charge in [-0.3, -0.25) is 4.90 Å². The molecule has 0 saturated carbocycles. The molecular weight excluding hydrogens is 378 g/mol. The van der Waals surface area contributed by atoms with Crippen molar-refractivity contribution in [3.63, 3.8) is 0 Å². The van der Waals surface area contributed by atoms with Gasteiger partial charge in [-0.1, -0.05) is 6.07 Å². The fourth-order valence-corrected chi connectivity index (χ4v) is 4.63. The number of aromatic hydroxyl groups is 1. The number of anilines is 1. The summed E-state index contributed by atoms with van der Waals surface area (Å²) in [5.41, 5.74) is 3.23. The summed E-state index contributed by atoms with van der Waals surface area (Å²) >= 11 is 0. The van der Waals surface area contributed by atoms with Crippen LogP contribution in [-0.2, 0) is 12.8 Å². The summed E-state index contributed by atoms with van der Waals surface area (Å²) in [5, 5.41) is 15.4. The Morgan fingerprint density at radius 3 is 2.53 bits per heavy atom. The molecule has 1 aliphatic carbocycles. The Morgan fingerprint density at radius 1 is 1.03 bits per heavy atom. The summed E-state index contributed by atoms with van der Waals surface area (Å²) < 4.78 is 6.84. The molecule has 1 saturated heterocycles. The fraction of sp³-hybridized carbons (Fsp3) is 0.391. The number of hydrogen-bond donors (Lipinski definition) is 1. The van der Waals surface area contributed by atoms with Gasteiger partial charge in [-0.2, -0.15) is 9.78 Å². The minimum absolute atomic E-state index is 0.241. The van der Waals surface area contributed by atoms with Crippen LogP contribution >= 0.6 is 0 Å². The van der Waals surface area contributed by atoms with Crippen molar-refractivity contribution in [2.75, 3.05) is 38.2 Å². The Labute approximate surface area is 176 Å². The second-order valence-electron chi connectivity index (χ2n) is 7.97. The van der Waals surface area contributed by atoms with Gasteiger partial charge < -0.3 is 14.7 Å². The zero-order chi connectivity index (χ0) is 20.5. The molecule has 1 unspecified atom stereocenters. The predicted molar refractivity (Wildman–Crippen MR) is 116 cm³/mol. The van der Waals surface area contributed by atoms with Crippen LogP contribution in [0.15, 0.2) is 48.7 Å². The summed E-state index contributed by atoms with van der Waals surface area (Å²) in [7, 11) is 1.70. The lowest BCUT2D eigenvalue weighted by molar-refractivity contribution is 0.169. The van der Waals surface area contributed by atoms with Crippen LogP contribution < -0.4 is 9.64 Å². The minimum atomic E-state index is 0.241. The largest absolute Gasteiger partial charge is 0.497 e. The summed E-state index contributed by atoms with van der Waals surface area (Å²) in [6.45, 7) is 4.08. The topological polar surface area (TPSA) is 66.7 Å². The zero-order valence-corrected chi connectivity index (χ0v) is 17.2. The lowest BCUT2D eigenvalue weighted by atomic mass is 9.91. The molecule has 5 rings (SSSR count). The van der Waals surface area contributed by atoms with Gasteiger partial charge in [-0.15, -0.1) is 0 Å². The Morgan fingerprint density at radius 2 is 1.83 bits per heavy atom. The van der Waals surface area contributed by atoms with Gasteiger partial charge >= 0.3 is 0 Å². The second kappa shape index (κ2) is 7.99. The molecule has 2 aliphatic rings. The van der Waals surface area contributed by atoms with Crippen molar-refractivity contribution < 1.29 is 9.84 Å². The molecule has 2 aromatic heterocycles. The molecule has 0 radical (unpaired) electrons. The molecule has 30 heavy (non-hydrogen) atoms. The van der Waals surface area contributed by atoms with Gasteiger partial charge in [0.15, 0.2) is 5.82 Å². The molecule has 3 heterocycles. The number of benzene rings is 1. The molecule has 0 amide bonds. The number of aromatic nitrogens is 3. The van der Waals surface area contributed by atoms with Gasteiger partial charge in [0.25, 0.3) is 0 Å². The SMILES string of the molecule is COc1ccc(N2CCN(C3CCc4nn(-c5ccccn5)c(O)c4C3)CC2)cc1. The lowest BCUT2D eigenvalue weighted by Crippen LogP contribution is -2.51. The van der Waals surface area contributed by atoms with Crippen molar-refractivity contribution in [2.24, 2.45) is 0 Å². The quantitative estimate of drug-likeness (QED) is 0.720. The molecule has 7 nitrogen and oxygen atoms in total. The molecule has 0 bridgehead atoms. The van der Waals surface area contributed by atoms with Gasteiger partial charge in [0.05, 0.1) is 12.8 Å². The molecule has 1 N–H and O–H groups in total. The van der Waals surface area contributed by atoms with Gasteiger partial charge in [-0.05, 0) is 55.7 Å². The number of nitrogens with zero attached hydrogens (tertiary/aromatic N) is 5. The van der Waals surface area contributed by atoms with Crippen LogP contribution in [-0.4, -0.2) is 64.1 Å². The standard InChI is InChI=1S/C23H27N5O2/c1-30-19-8-5-17(6-9-19)26-12-14-27(15-13-26)18-7-10-21-20(16-18)23(29)28(25-21)22-4-2-3-11-24-22/h2-6,8-9,11,18,29H,7,10,12-16H2,1H3. The van der Waals surface area contributed by atoms with E-state index in [1.807, 2.05) is 30.3 Å². The molecular formula is C23H27N5O2. The van der Waals surface area contributed by atoms with Crippen LogP contribution in [0.1, 0.15) is 17.7 Å². The Kier molecular flexibility index (Phi) is 5.04. The lowest BCUT2D eigenvalue weighted by Gasteiger charge is -2.41. The molecule has 1 atom stereocenters. The van der Waals surface area contributed by atoms with Crippen molar-refractivity contribution in [3.8, 4) is 17.4 Å². The number of rotatable bonds is 4. The zero-order valence-electron chi connectivity index (χ0n) is 17.2. The van der Waals surface area contributed by atoms with E-state index >= 15 is 0 Å². The third-order valence-corrected chi connectivity index (χ3v) is 6.33. The average Bonchev–Trinajstić information content (AvgIpc) is 3.16. The van der Waals surface area contributed by atoms with E-state index < -0.39 is 0 Å². The number of fused-ring (bicyclic) bond motifs is 1. The van der Waals surface area contributed by atoms with Crippen LogP contribution in [0.25, 0.3) is 5.82 Å². The van der Waals surface area contributed by atoms with E-state index in [9.17, 15) is 5.11 Å². The highest BCUT2D eigenvalue weighted by molar-refractivity contribution is 5.49. The predicted octanol–water partition coefficient (Wildman–Crippen LogP) is 2.66. The molecule has 1 aromatic carbocycles. The highest BCUT2D eigenvalue weighted by Gasteiger charge is 2.31. The van der Waals surface area contributed by atoms with E-state index in [0.29, 0.717) is 11.9 Å². The Hall–Kier alpha value is -3.06. The van der Waals surface area contributed by atoms with Crippen LogP contribution in [0.5, 0.6) is 11.6 Å². The molecule has 1 aliphatic heterocycles. The van der Waals surface area contributed by atoms with Gasteiger partial charge in [-0.25, -0.2) is 4.98 Å².